The molecular weight excluding hydrogens is 348 g/mol. The van der Waals surface area contributed by atoms with Crippen LogP contribution in [0.3, 0.4) is 0 Å². The van der Waals surface area contributed by atoms with E-state index in [4.69, 9.17) is 9.26 Å². The standard InChI is InChI=1S/C19H24N4O4/c1-14-10-17(21-27-14)20-18(24)12-22-6-8-23(9-7-22)19(25)16-5-3-4-15(11-16)13-26-2/h3-5,10-11H,6-9,12-13H2,1-2H3,(H,20,21,24). The van der Waals surface area contributed by atoms with Crippen molar-refractivity contribution in [2.45, 2.75) is 13.5 Å². The van der Waals surface area contributed by atoms with Crippen molar-refractivity contribution in [1.29, 1.82) is 0 Å². The Bertz CT molecular complexity index is 797. The van der Waals surface area contributed by atoms with Crippen LogP contribution in [0.15, 0.2) is 34.9 Å². The number of amides is 2. The summed E-state index contributed by atoms with van der Waals surface area (Å²) in [7, 11) is 1.63. The number of methoxy groups -OCH3 is 1. The van der Waals surface area contributed by atoms with Crippen LogP contribution < -0.4 is 5.32 Å². The number of hydrogen-bond acceptors (Lipinski definition) is 6. The van der Waals surface area contributed by atoms with Crippen LogP contribution in [0.2, 0.25) is 0 Å². The van der Waals surface area contributed by atoms with Gasteiger partial charge in [0.05, 0.1) is 13.2 Å². The fourth-order valence-corrected chi connectivity index (χ4v) is 3.06. The molecule has 0 aliphatic carbocycles. The average molecular weight is 372 g/mol. The maximum atomic E-state index is 12.7. The van der Waals surface area contributed by atoms with Gasteiger partial charge in [-0.2, -0.15) is 0 Å². The Labute approximate surface area is 158 Å². The fraction of sp³-hybridized carbons (Fsp3) is 0.421. The summed E-state index contributed by atoms with van der Waals surface area (Å²) in [5.41, 5.74) is 1.64. The van der Waals surface area contributed by atoms with Gasteiger partial charge in [0, 0.05) is 44.9 Å². The minimum atomic E-state index is -0.143. The first kappa shape index (κ1) is 19.1. The third-order valence-electron chi connectivity index (χ3n) is 4.41. The summed E-state index contributed by atoms with van der Waals surface area (Å²) in [5, 5.41) is 6.46. The lowest BCUT2D eigenvalue weighted by molar-refractivity contribution is -0.117. The van der Waals surface area contributed by atoms with Crippen LogP contribution in [0.4, 0.5) is 5.82 Å². The number of aryl methyl sites for hydroxylation is 1. The van der Waals surface area contributed by atoms with Crippen molar-refractivity contribution in [2.24, 2.45) is 0 Å². The van der Waals surface area contributed by atoms with Crippen molar-refractivity contribution in [1.82, 2.24) is 15.0 Å². The zero-order chi connectivity index (χ0) is 19.2. The molecular formula is C19H24N4O4. The lowest BCUT2D eigenvalue weighted by Crippen LogP contribution is -2.50. The summed E-state index contributed by atoms with van der Waals surface area (Å²) in [4.78, 5) is 28.6. The van der Waals surface area contributed by atoms with Crippen LogP contribution >= 0.6 is 0 Å². The SMILES string of the molecule is COCc1cccc(C(=O)N2CCN(CC(=O)Nc3cc(C)on3)CC2)c1. The third-order valence-corrected chi connectivity index (χ3v) is 4.41. The predicted octanol–water partition coefficient (Wildman–Crippen LogP) is 1.53. The molecule has 0 atom stereocenters. The largest absolute Gasteiger partial charge is 0.380 e. The van der Waals surface area contributed by atoms with E-state index in [9.17, 15) is 9.59 Å². The van der Waals surface area contributed by atoms with Gasteiger partial charge in [0.2, 0.25) is 5.91 Å². The minimum absolute atomic E-state index is 0.00938. The van der Waals surface area contributed by atoms with Gasteiger partial charge in [-0.1, -0.05) is 17.3 Å². The molecule has 0 unspecified atom stereocenters. The summed E-state index contributed by atoms with van der Waals surface area (Å²) >= 11 is 0. The highest BCUT2D eigenvalue weighted by molar-refractivity contribution is 5.94. The van der Waals surface area contributed by atoms with Crippen LogP contribution in [0, 0.1) is 6.92 Å². The van der Waals surface area contributed by atoms with E-state index in [1.165, 1.54) is 0 Å². The summed E-state index contributed by atoms with van der Waals surface area (Å²) in [6, 6.07) is 9.17. The van der Waals surface area contributed by atoms with Crippen LogP contribution in [0.1, 0.15) is 21.7 Å². The molecule has 1 aromatic carbocycles. The lowest BCUT2D eigenvalue weighted by Gasteiger charge is -2.34. The molecule has 0 saturated carbocycles. The molecule has 2 amide bonds. The van der Waals surface area contributed by atoms with E-state index in [-0.39, 0.29) is 18.4 Å². The first-order chi connectivity index (χ1) is 13.0. The molecule has 2 aromatic rings. The molecule has 8 heteroatoms. The number of aromatic nitrogens is 1. The maximum absolute atomic E-state index is 12.7. The number of nitrogens with one attached hydrogen (secondary N) is 1. The van der Waals surface area contributed by atoms with E-state index < -0.39 is 0 Å². The normalized spacial score (nSPS) is 15.0. The third kappa shape index (κ3) is 5.15. The van der Waals surface area contributed by atoms with Gasteiger partial charge in [-0.15, -0.1) is 0 Å². The molecule has 2 heterocycles. The van der Waals surface area contributed by atoms with Gasteiger partial charge >= 0.3 is 0 Å². The van der Waals surface area contributed by atoms with Gasteiger partial charge in [0.25, 0.3) is 5.91 Å². The molecule has 1 fully saturated rings. The molecule has 1 aliphatic rings. The quantitative estimate of drug-likeness (QED) is 0.827. The fourth-order valence-electron chi connectivity index (χ4n) is 3.06. The van der Waals surface area contributed by atoms with Crippen LogP contribution in [0.25, 0.3) is 0 Å². The van der Waals surface area contributed by atoms with Crippen LogP contribution in [-0.2, 0) is 16.1 Å². The molecule has 27 heavy (non-hydrogen) atoms. The highest BCUT2D eigenvalue weighted by atomic mass is 16.5. The van der Waals surface area contributed by atoms with Gasteiger partial charge in [0.1, 0.15) is 5.76 Å². The molecule has 1 aliphatic heterocycles. The summed E-state index contributed by atoms with van der Waals surface area (Å²) in [6.07, 6.45) is 0. The minimum Gasteiger partial charge on any atom is -0.380 e. The molecule has 1 saturated heterocycles. The van der Waals surface area contributed by atoms with Crippen LogP contribution in [-0.4, -0.2) is 66.6 Å². The summed E-state index contributed by atoms with van der Waals surface area (Å²) in [6.45, 7) is 4.98. The monoisotopic (exact) mass is 372 g/mol. The molecule has 3 rings (SSSR count). The second kappa shape index (κ2) is 8.79. The van der Waals surface area contributed by atoms with Crippen molar-refractivity contribution in [3.63, 3.8) is 0 Å². The van der Waals surface area contributed by atoms with Gasteiger partial charge < -0.3 is 19.5 Å². The Morgan fingerprint density at radius 2 is 2.00 bits per heavy atom. The molecule has 144 valence electrons. The van der Waals surface area contributed by atoms with E-state index in [2.05, 4.69) is 10.5 Å². The summed E-state index contributed by atoms with van der Waals surface area (Å²) in [5.74, 6) is 0.930. The number of hydrogen-bond donors (Lipinski definition) is 1. The van der Waals surface area contributed by atoms with Crippen molar-refractivity contribution >= 4 is 17.6 Å². The van der Waals surface area contributed by atoms with E-state index in [1.807, 2.05) is 34.1 Å². The Balaban J connectivity index is 1.48. The number of carbonyl (C=O) groups is 2. The zero-order valence-electron chi connectivity index (χ0n) is 15.6. The summed E-state index contributed by atoms with van der Waals surface area (Å²) < 4.78 is 10.1. The maximum Gasteiger partial charge on any atom is 0.253 e. The smallest absolute Gasteiger partial charge is 0.253 e. The predicted molar refractivity (Wildman–Crippen MR) is 99.4 cm³/mol. The highest BCUT2D eigenvalue weighted by Crippen LogP contribution is 2.12. The van der Waals surface area contributed by atoms with Crippen molar-refractivity contribution in [2.75, 3.05) is 45.2 Å². The molecule has 0 radical (unpaired) electrons. The van der Waals surface area contributed by atoms with Gasteiger partial charge in [-0.25, -0.2) is 0 Å². The number of nitrogens with zero attached hydrogens (tertiary/aromatic N) is 3. The Morgan fingerprint density at radius 1 is 1.22 bits per heavy atom. The zero-order valence-corrected chi connectivity index (χ0v) is 15.6. The average Bonchev–Trinajstić information content (AvgIpc) is 3.07. The molecule has 8 nitrogen and oxygen atoms in total. The topological polar surface area (TPSA) is 87.9 Å². The number of rotatable bonds is 6. The van der Waals surface area contributed by atoms with Crippen molar-refractivity contribution < 1.29 is 18.8 Å². The van der Waals surface area contributed by atoms with E-state index >= 15 is 0 Å². The molecule has 1 N–H and O–H groups in total. The van der Waals surface area contributed by atoms with E-state index in [0.717, 1.165) is 5.56 Å². The van der Waals surface area contributed by atoms with Gasteiger partial charge in [-0.3, -0.25) is 14.5 Å². The van der Waals surface area contributed by atoms with Crippen molar-refractivity contribution in [3.8, 4) is 0 Å². The molecule has 0 spiro atoms. The molecule has 1 aromatic heterocycles. The highest BCUT2D eigenvalue weighted by Gasteiger charge is 2.23. The number of ether oxygens (including phenoxy) is 1. The number of benzene rings is 1. The van der Waals surface area contributed by atoms with Crippen molar-refractivity contribution in [3.05, 3.63) is 47.2 Å². The number of piperazine rings is 1. The number of anilines is 1. The number of carbonyl (C=O) groups excluding carboxylic acids is 2. The second-order valence-electron chi connectivity index (χ2n) is 6.57. The second-order valence-corrected chi connectivity index (χ2v) is 6.57. The first-order valence-corrected chi connectivity index (χ1v) is 8.88. The Morgan fingerprint density at radius 3 is 2.67 bits per heavy atom. The van der Waals surface area contributed by atoms with Gasteiger partial charge in [0.15, 0.2) is 5.82 Å². The van der Waals surface area contributed by atoms with E-state index in [1.54, 1.807) is 20.1 Å². The Hall–Kier alpha value is -2.71. The first-order valence-electron chi connectivity index (χ1n) is 8.88. The Kier molecular flexibility index (Phi) is 6.20. The van der Waals surface area contributed by atoms with E-state index in [0.29, 0.717) is 49.9 Å². The lowest BCUT2D eigenvalue weighted by atomic mass is 10.1. The molecule has 0 bridgehead atoms. The van der Waals surface area contributed by atoms with Gasteiger partial charge in [-0.05, 0) is 24.6 Å². The van der Waals surface area contributed by atoms with Crippen LogP contribution in [0.5, 0.6) is 0 Å².